The van der Waals surface area contributed by atoms with Crippen LogP contribution in [0, 0.1) is 10.8 Å². The molecule has 1 heterocycles. The summed E-state index contributed by atoms with van der Waals surface area (Å²) < 4.78 is 10.8. The predicted molar refractivity (Wildman–Crippen MR) is 101 cm³/mol. The predicted octanol–water partition coefficient (Wildman–Crippen LogP) is 2.55. The van der Waals surface area contributed by atoms with Gasteiger partial charge < -0.3 is 14.8 Å². The van der Waals surface area contributed by atoms with Crippen molar-refractivity contribution in [3.63, 3.8) is 0 Å². The second kappa shape index (κ2) is 7.07. The van der Waals surface area contributed by atoms with Gasteiger partial charge in [0.1, 0.15) is 17.8 Å². The van der Waals surface area contributed by atoms with Gasteiger partial charge in [0.2, 0.25) is 0 Å². The van der Waals surface area contributed by atoms with Crippen LogP contribution in [0.25, 0.3) is 0 Å². The molecule has 0 aromatic heterocycles. The molecule has 0 spiro atoms. The van der Waals surface area contributed by atoms with Gasteiger partial charge in [-0.15, -0.1) is 0 Å². The molecule has 4 rings (SSSR count). The van der Waals surface area contributed by atoms with Crippen LogP contribution in [0.3, 0.4) is 0 Å². The zero-order valence-corrected chi connectivity index (χ0v) is 15.3. The van der Waals surface area contributed by atoms with Crippen LogP contribution in [-0.2, 0) is 20.7 Å². The Morgan fingerprint density at radius 1 is 1.21 bits per heavy atom. The second-order valence-corrected chi connectivity index (χ2v) is 7.13. The number of fused-ring (bicyclic) bond motifs is 2. The third-order valence-corrected chi connectivity index (χ3v) is 5.44. The van der Waals surface area contributed by atoms with Gasteiger partial charge in [0.15, 0.2) is 5.60 Å². The fourth-order valence-corrected chi connectivity index (χ4v) is 3.89. The topological polar surface area (TPSA) is 94.1 Å². The Morgan fingerprint density at radius 3 is 2.64 bits per heavy atom. The van der Waals surface area contributed by atoms with Crippen molar-refractivity contribution >= 4 is 11.9 Å². The van der Waals surface area contributed by atoms with Crippen LogP contribution in [0.2, 0.25) is 0 Å². The minimum absolute atomic E-state index is 0.298. The van der Waals surface area contributed by atoms with E-state index in [-0.39, 0.29) is 5.92 Å². The van der Waals surface area contributed by atoms with Crippen molar-refractivity contribution in [2.45, 2.75) is 30.5 Å². The largest absolute Gasteiger partial charge is 0.477 e. The number of nitrogens with one attached hydrogen (secondary N) is 1. The first-order valence-electron chi connectivity index (χ1n) is 9.12. The molecule has 2 aromatic carbocycles. The molecule has 2 aliphatic rings. The Labute approximate surface area is 162 Å². The highest BCUT2D eigenvalue weighted by Gasteiger charge is 2.69. The van der Waals surface area contributed by atoms with Gasteiger partial charge in [-0.2, -0.15) is 4.91 Å². The summed E-state index contributed by atoms with van der Waals surface area (Å²) in [6, 6.07) is 15.0. The summed E-state index contributed by atoms with van der Waals surface area (Å²) in [6.07, 6.45) is 0.676. The van der Waals surface area contributed by atoms with Crippen LogP contribution in [0.15, 0.2) is 59.8 Å². The van der Waals surface area contributed by atoms with Crippen molar-refractivity contribution in [1.82, 2.24) is 5.32 Å². The zero-order valence-electron chi connectivity index (χ0n) is 15.3. The number of ether oxygens (including phenoxy) is 2. The zero-order chi connectivity index (χ0) is 19.7. The SMILES string of the molecule is COC(=O)[C@@H](Cc1ccccc1)NC(=O)[C@@]12C[C@@H]1C(N=O)c1ccccc1O2. The smallest absolute Gasteiger partial charge is 0.328 e. The number of nitrogens with zero attached hydrogens (tertiary/aromatic N) is 1. The minimum Gasteiger partial charge on any atom is -0.477 e. The third kappa shape index (κ3) is 3.02. The Balaban J connectivity index is 1.55. The highest BCUT2D eigenvalue weighted by Crippen LogP contribution is 2.60. The molecule has 1 fully saturated rings. The standard InChI is InChI=1S/C21H20N2O5/c1-27-19(24)16(11-13-7-3-2-4-8-13)22-20(25)21-12-15(21)18(23-26)14-9-5-6-10-17(14)28-21/h2-10,15-16,18H,11-12H2,1H3,(H,22,25)/t15-,16-,18?,21-/m1/s1. The molecule has 28 heavy (non-hydrogen) atoms. The number of carbonyl (C=O) groups is 2. The maximum atomic E-state index is 13.1. The van der Waals surface area contributed by atoms with Crippen LogP contribution in [0.5, 0.6) is 5.75 Å². The van der Waals surface area contributed by atoms with Crippen LogP contribution >= 0.6 is 0 Å². The lowest BCUT2D eigenvalue weighted by atomic mass is 9.96. The molecule has 2 aromatic rings. The first-order chi connectivity index (χ1) is 13.6. The monoisotopic (exact) mass is 380 g/mol. The summed E-state index contributed by atoms with van der Waals surface area (Å²) in [5.74, 6) is -0.817. The number of esters is 1. The molecule has 1 saturated carbocycles. The molecule has 0 radical (unpaired) electrons. The Morgan fingerprint density at radius 2 is 1.93 bits per heavy atom. The summed E-state index contributed by atoms with van der Waals surface area (Å²) in [7, 11) is 1.28. The average Bonchev–Trinajstić information content (AvgIpc) is 3.47. The molecular formula is C21H20N2O5. The van der Waals surface area contributed by atoms with E-state index in [1.165, 1.54) is 7.11 Å². The van der Waals surface area contributed by atoms with Gasteiger partial charge >= 0.3 is 5.97 Å². The van der Waals surface area contributed by atoms with Crippen LogP contribution in [0.1, 0.15) is 23.6 Å². The molecule has 7 nitrogen and oxygen atoms in total. The molecule has 4 atom stereocenters. The van der Waals surface area contributed by atoms with E-state index in [0.717, 1.165) is 5.56 Å². The maximum Gasteiger partial charge on any atom is 0.328 e. The van der Waals surface area contributed by atoms with Gasteiger partial charge in [0, 0.05) is 24.3 Å². The molecule has 1 N–H and O–H groups in total. The van der Waals surface area contributed by atoms with Gasteiger partial charge in [-0.25, -0.2) is 4.79 Å². The van der Waals surface area contributed by atoms with Crippen molar-refractivity contribution in [1.29, 1.82) is 0 Å². The number of rotatable bonds is 6. The first kappa shape index (κ1) is 18.2. The van der Waals surface area contributed by atoms with Crippen LogP contribution in [0.4, 0.5) is 0 Å². The van der Waals surface area contributed by atoms with Gasteiger partial charge in [0.05, 0.1) is 7.11 Å². The summed E-state index contributed by atoms with van der Waals surface area (Å²) in [4.78, 5) is 36.7. The minimum atomic E-state index is -1.17. The number of hydrogen-bond donors (Lipinski definition) is 1. The number of hydrogen-bond acceptors (Lipinski definition) is 6. The third-order valence-electron chi connectivity index (χ3n) is 5.44. The first-order valence-corrected chi connectivity index (χ1v) is 9.12. The van der Waals surface area contributed by atoms with Crippen molar-refractivity contribution in [3.05, 3.63) is 70.6 Å². The number of amides is 1. The fraction of sp³-hybridized carbons (Fsp3) is 0.333. The number of nitroso groups, excluding NO2 is 1. The van der Waals surface area contributed by atoms with Gasteiger partial charge in [-0.1, -0.05) is 53.7 Å². The van der Waals surface area contributed by atoms with E-state index in [4.69, 9.17) is 9.47 Å². The van der Waals surface area contributed by atoms with Crippen molar-refractivity contribution in [3.8, 4) is 5.75 Å². The lowest BCUT2D eigenvalue weighted by molar-refractivity contribution is -0.146. The lowest BCUT2D eigenvalue weighted by Gasteiger charge is -2.29. The highest BCUT2D eigenvalue weighted by molar-refractivity contribution is 5.93. The normalized spacial score (nSPS) is 25.3. The number of benzene rings is 2. The molecule has 7 heteroatoms. The molecule has 1 aliphatic carbocycles. The summed E-state index contributed by atoms with van der Waals surface area (Å²) >= 11 is 0. The van der Waals surface area contributed by atoms with Crippen LogP contribution in [-0.4, -0.2) is 30.6 Å². The molecule has 1 unspecified atom stereocenters. The van der Waals surface area contributed by atoms with E-state index in [0.29, 0.717) is 24.2 Å². The van der Waals surface area contributed by atoms with Gasteiger partial charge in [0.25, 0.3) is 5.91 Å². The van der Waals surface area contributed by atoms with E-state index in [1.807, 2.05) is 36.4 Å². The van der Waals surface area contributed by atoms with Crippen LogP contribution < -0.4 is 10.1 Å². The average molecular weight is 380 g/mol. The van der Waals surface area contributed by atoms with Gasteiger partial charge in [-0.3, -0.25) is 4.79 Å². The van der Waals surface area contributed by atoms with E-state index < -0.39 is 29.6 Å². The molecular weight excluding hydrogens is 360 g/mol. The summed E-state index contributed by atoms with van der Waals surface area (Å²) in [6.45, 7) is 0. The summed E-state index contributed by atoms with van der Waals surface area (Å²) in [5, 5.41) is 6.00. The lowest BCUT2D eigenvalue weighted by Crippen LogP contribution is -2.51. The Hall–Kier alpha value is -3.22. The number of methoxy groups -OCH3 is 1. The van der Waals surface area contributed by atoms with Crippen molar-refractivity contribution in [2.24, 2.45) is 11.1 Å². The molecule has 1 amide bonds. The second-order valence-electron chi connectivity index (χ2n) is 7.13. The molecule has 144 valence electrons. The summed E-state index contributed by atoms with van der Waals surface area (Å²) in [5.41, 5.74) is 0.415. The highest BCUT2D eigenvalue weighted by atomic mass is 16.5. The maximum absolute atomic E-state index is 13.1. The molecule has 1 aliphatic heterocycles. The number of carbonyl (C=O) groups excluding carboxylic acids is 2. The number of para-hydroxylation sites is 1. The van der Waals surface area contributed by atoms with E-state index in [9.17, 15) is 14.5 Å². The Kier molecular flexibility index (Phi) is 4.58. The van der Waals surface area contributed by atoms with E-state index >= 15 is 0 Å². The molecule has 0 bridgehead atoms. The van der Waals surface area contributed by atoms with E-state index in [2.05, 4.69) is 10.5 Å². The van der Waals surface area contributed by atoms with E-state index in [1.54, 1.807) is 18.2 Å². The van der Waals surface area contributed by atoms with Gasteiger partial charge in [-0.05, 0) is 11.6 Å². The fourth-order valence-electron chi connectivity index (χ4n) is 3.89. The molecule has 0 saturated heterocycles. The van der Waals surface area contributed by atoms with Crippen molar-refractivity contribution < 1.29 is 19.1 Å². The van der Waals surface area contributed by atoms with Crippen molar-refractivity contribution in [2.75, 3.05) is 7.11 Å². The Bertz CT molecular complexity index is 916. The quantitative estimate of drug-likeness (QED) is 0.614.